The molecule has 20 heavy (non-hydrogen) atoms. The lowest BCUT2D eigenvalue weighted by Crippen LogP contribution is -2.13. The molecule has 104 valence electrons. The molecule has 0 aliphatic heterocycles. The van der Waals surface area contributed by atoms with Gasteiger partial charge in [-0.1, -0.05) is 4.98 Å². The van der Waals surface area contributed by atoms with Gasteiger partial charge in [0, 0.05) is 18.2 Å². The second kappa shape index (κ2) is 5.83. The van der Waals surface area contributed by atoms with Gasteiger partial charge in [-0.3, -0.25) is 0 Å². The number of benzene rings is 1. The Balaban J connectivity index is 2.29. The Bertz CT molecular complexity index is 610. The van der Waals surface area contributed by atoms with Gasteiger partial charge in [-0.05, 0) is 5.18 Å². The van der Waals surface area contributed by atoms with E-state index in [0.29, 0.717) is 23.1 Å². The van der Waals surface area contributed by atoms with Gasteiger partial charge in [0.2, 0.25) is 5.82 Å². The van der Waals surface area contributed by atoms with Crippen LogP contribution in [0.1, 0.15) is 0 Å². The lowest BCUT2D eigenvalue weighted by Gasteiger charge is -2.06. The molecule has 8 nitrogen and oxygen atoms in total. The quantitative estimate of drug-likeness (QED) is 0.802. The maximum absolute atomic E-state index is 10.4. The molecule has 1 heterocycles. The number of ether oxygens (including phenoxy) is 2. The molecular weight excluding hydrogens is 262 g/mol. The van der Waals surface area contributed by atoms with E-state index in [1.807, 2.05) is 0 Å². The van der Waals surface area contributed by atoms with E-state index in [9.17, 15) is 4.91 Å². The van der Waals surface area contributed by atoms with Crippen LogP contribution in [0, 0.1) is 4.91 Å². The lowest BCUT2D eigenvalue weighted by molar-refractivity contribution is -0.363. The number of nitrogen functional groups attached to an aromatic ring is 1. The Morgan fingerprint density at radius 1 is 1.25 bits per heavy atom. The van der Waals surface area contributed by atoms with Gasteiger partial charge in [0.05, 0.1) is 20.4 Å². The molecule has 0 amide bonds. The summed E-state index contributed by atoms with van der Waals surface area (Å²) in [7, 11) is 3.12. The molecule has 0 saturated carbocycles. The third-order valence-electron chi connectivity index (χ3n) is 2.55. The first-order valence-corrected chi connectivity index (χ1v) is 5.68. The van der Waals surface area contributed by atoms with E-state index in [0.717, 1.165) is 0 Å². The van der Waals surface area contributed by atoms with Crippen molar-refractivity contribution >= 4 is 23.1 Å². The van der Waals surface area contributed by atoms with Crippen molar-refractivity contribution in [2.45, 2.75) is 0 Å². The molecule has 0 radical (unpaired) electrons. The van der Waals surface area contributed by atoms with E-state index >= 15 is 0 Å². The van der Waals surface area contributed by atoms with Gasteiger partial charge in [-0.2, -0.15) is 0 Å². The highest BCUT2D eigenvalue weighted by Crippen LogP contribution is 2.27. The zero-order valence-corrected chi connectivity index (χ0v) is 11.0. The molecule has 0 aliphatic carbocycles. The van der Waals surface area contributed by atoms with Crippen LogP contribution in [-0.4, -0.2) is 19.2 Å². The first-order valence-electron chi connectivity index (χ1n) is 5.68. The molecule has 2 rings (SSSR count). The highest BCUT2D eigenvalue weighted by molar-refractivity contribution is 5.61. The second-order valence-electron chi connectivity index (χ2n) is 3.84. The standard InChI is InChI=1S/C12H13N5O3/c1-19-8-3-7(4-9(5-8)20-2)15-12-14-6-10(17-18)11(13)16-12/h3-6H,1-2H3,(H3,13,14,15,16)/p+1. The maximum Gasteiger partial charge on any atom is 0.396 e. The fourth-order valence-electron chi connectivity index (χ4n) is 1.57. The first-order chi connectivity index (χ1) is 9.66. The molecule has 1 aromatic heterocycles. The monoisotopic (exact) mass is 276 g/mol. The summed E-state index contributed by atoms with van der Waals surface area (Å²) in [5.41, 5.74) is 6.33. The molecule has 4 N–H and O–H groups in total. The number of hydrogen-bond donors (Lipinski definition) is 2. The van der Waals surface area contributed by atoms with Crippen LogP contribution in [0.2, 0.25) is 0 Å². The van der Waals surface area contributed by atoms with Crippen LogP contribution < -0.4 is 25.5 Å². The van der Waals surface area contributed by atoms with Gasteiger partial charge in [-0.15, -0.1) is 4.91 Å². The minimum absolute atomic E-state index is 0.0381. The number of aromatic nitrogens is 2. The van der Waals surface area contributed by atoms with Gasteiger partial charge in [0.1, 0.15) is 17.2 Å². The summed E-state index contributed by atoms with van der Waals surface area (Å²) in [6.07, 6.45) is 1.37. The number of methoxy groups -OCH3 is 2. The van der Waals surface area contributed by atoms with Crippen molar-refractivity contribution in [2.75, 3.05) is 25.3 Å². The number of H-pyrrole nitrogens is 1. The van der Waals surface area contributed by atoms with Crippen LogP contribution in [0.4, 0.5) is 23.1 Å². The Kier molecular flexibility index (Phi) is 3.94. The largest absolute Gasteiger partial charge is 0.496 e. The summed E-state index contributed by atoms with van der Waals surface area (Å²) in [6.45, 7) is 0. The molecule has 0 aliphatic rings. The molecule has 2 aromatic rings. The van der Waals surface area contributed by atoms with Crippen molar-refractivity contribution in [1.82, 2.24) is 4.98 Å². The zero-order valence-electron chi connectivity index (χ0n) is 11.0. The Hall–Kier alpha value is -2.90. The number of aromatic amines is 1. The fourth-order valence-corrected chi connectivity index (χ4v) is 1.57. The fraction of sp³-hybridized carbons (Fsp3) is 0.167. The van der Waals surface area contributed by atoms with Crippen LogP contribution in [0.5, 0.6) is 11.5 Å². The summed E-state index contributed by atoms with van der Waals surface area (Å²) < 4.78 is 10.3. The number of nitroso groups, excluding NO2 is 1. The number of nitrogens with zero attached hydrogens (tertiary/aromatic N) is 2. The molecule has 1 aromatic carbocycles. The average molecular weight is 276 g/mol. The van der Waals surface area contributed by atoms with E-state index in [4.69, 9.17) is 15.2 Å². The molecule has 0 fully saturated rings. The maximum atomic E-state index is 10.4. The number of nitrogens with one attached hydrogen (secondary N) is 2. The van der Waals surface area contributed by atoms with E-state index in [1.54, 1.807) is 32.4 Å². The van der Waals surface area contributed by atoms with Gasteiger partial charge >= 0.3 is 5.95 Å². The average Bonchev–Trinajstić information content (AvgIpc) is 2.47. The number of hydrogen-bond acceptors (Lipinski definition) is 7. The predicted molar refractivity (Wildman–Crippen MR) is 73.5 cm³/mol. The first kappa shape index (κ1) is 13.5. The topological polar surface area (TPSA) is 113 Å². The summed E-state index contributed by atoms with van der Waals surface area (Å²) in [5.74, 6) is 1.67. The second-order valence-corrected chi connectivity index (χ2v) is 3.84. The number of nitrogens with two attached hydrogens (primary N) is 1. The molecule has 0 saturated heterocycles. The molecule has 0 bridgehead atoms. The van der Waals surface area contributed by atoms with Crippen molar-refractivity contribution in [3.05, 3.63) is 29.3 Å². The normalized spacial score (nSPS) is 9.90. The van der Waals surface area contributed by atoms with E-state index in [1.165, 1.54) is 6.20 Å². The molecule has 8 heteroatoms. The predicted octanol–water partition coefficient (Wildman–Crippen LogP) is 1.64. The summed E-state index contributed by atoms with van der Waals surface area (Å²) in [5, 5.41) is 5.73. The van der Waals surface area contributed by atoms with Gasteiger partial charge in [0.25, 0.3) is 0 Å². The van der Waals surface area contributed by atoms with Crippen LogP contribution in [-0.2, 0) is 0 Å². The Morgan fingerprint density at radius 3 is 2.40 bits per heavy atom. The lowest BCUT2D eigenvalue weighted by atomic mass is 10.3. The number of rotatable bonds is 5. The van der Waals surface area contributed by atoms with E-state index < -0.39 is 0 Å². The zero-order chi connectivity index (χ0) is 14.5. The van der Waals surface area contributed by atoms with E-state index in [-0.39, 0.29) is 11.5 Å². The van der Waals surface area contributed by atoms with Crippen molar-refractivity contribution < 1.29 is 14.5 Å². The molecule has 0 unspecified atom stereocenters. The van der Waals surface area contributed by atoms with Crippen molar-refractivity contribution in [2.24, 2.45) is 5.18 Å². The highest BCUT2D eigenvalue weighted by atomic mass is 16.5. The van der Waals surface area contributed by atoms with Crippen LogP contribution in [0.15, 0.2) is 29.6 Å². The third kappa shape index (κ3) is 2.91. The molecule has 0 atom stereocenters. The summed E-state index contributed by atoms with van der Waals surface area (Å²) in [4.78, 5) is 17.2. The van der Waals surface area contributed by atoms with Gasteiger partial charge in [0.15, 0.2) is 5.69 Å². The van der Waals surface area contributed by atoms with Crippen molar-refractivity contribution in [3.63, 3.8) is 0 Å². The Morgan fingerprint density at radius 2 is 1.90 bits per heavy atom. The van der Waals surface area contributed by atoms with Crippen molar-refractivity contribution in [3.8, 4) is 11.5 Å². The van der Waals surface area contributed by atoms with Crippen LogP contribution >= 0.6 is 0 Å². The molecular formula is C12H14N5O3+. The highest BCUT2D eigenvalue weighted by Gasteiger charge is 2.13. The minimum atomic E-state index is 0.0381. The van der Waals surface area contributed by atoms with Gasteiger partial charge in [-0.25, -0.2) is 10.3 Å². The SMILES string of the molecule is COc1cc(Nc2nc(N)c(N=O)c[nH+]2)cc(OC)c1. The molecule has 0 spiro atoms. The smallest absolute Gasteiger partial charge is 0.396 e. The van der Waals surface area contributed by atoms with Crippen LogP contribution in [0.3, 0.4) is 0 Å². The minimum Gasteiger partial charge on any atom is -0.496 e. The summed E-state index contributed by atoms with van der Waals surface area (Å²) >= 11 is 0. The number of anilines is 3. The van der Waals surface area contributed by atoms with Gasteiger partial charge < -0.3 is 15.2 Å². The summed E-state index contributed by atoms with van der Waals surface area (Å²) in [6, 6.07) is 5.27. The van der Waals surface area contributed by atoms with E-state index in [2.05, 4.69) is 20.5 Å². The Labute approximate surface area is 114 Å². The van der Waals surface area contributed by atoms with Crippen LogP contribution in [0.25, 0.3) is 0 Å². The third-order valence-corrected chi connectivity index (χ3v) is 2.55. The van der Waals surface area contributed by atoms with Crippen molar-refractivity contribution in [1.29, 1.82) is 0 Å².